The number of rotatable bonds is 2. The number of esters is 1. The Morgan fingerprint density at radius 1 is 1.21 bits per heavy atom. The van der Waals surface area contributed by atoms with E-state index in [9.17, 15) is 14.4 Å². The van der Waals surface area contributed by atoms with Crippen molar-refractivity contribution in [1.82, 2.24) is 0 Å². The minimum atomic E-state index is -0.395. The van der Waals surface area contributed by atoms with E-state index in [2.05, 4.69) is 33.4 Å². The number of fused-ring (bicyclic) bond motifs is 3. The van der Waals surface area contributed by atoms with Crippen molar-refractivity contribution in [3.63, 3.8) is 0 Å². The first-order valence-corrected chi connectivity index (χ1v) is 11.0. The van der Waals surface area contributed by atoms with E-state index in [1.807, 2.05) is 0 Å². The molecule has 0 aliphatic heterocycles. The van der Waals surface area contributed by atoms with Crippen LogP contribution in [0.4, 0.5) is 0 Å². The van der Waals surface area contributed by atoms with Crippen molar-refractivity contribution in [3.8, 4) is 0 Å². The molecule has 1 aromatic heterocycles. The van der Waals surface area contributed by atoms with Crippen molar-refractivity contribution in [2.24, 2.45) is 10.8 Å². The molecular formula is C23H26O5S. The van der Waals surface area contributed by atoms with Crippen molar-refractivity contribution in [2.75, 3.05) is 5.75 Å². The molecule has 4 aliphatic carbocycles. The Balaban J connectivity index is 1.67. The molecule has 4 unspecified atom stereocenters. The molecule has 0 amide bonds. The van der Waals surface area contributed by atoms with Gasteiger partial charge in [0.2, 0.25) is 5.78 Å². The van der Waals surface area contributed by atoms with Gasteiger partial charge in [-0.25, -0.2) is 0 Å². The van der Waals surface area contributed by atoms with Gasteiger partial charge in [0.25, 0.3) is 0 Å². The maximum Gasteiger partial charge on any atom is 0.315 e. The normalized spacial score (nSPS) is 37.9. The second-order valence-corrected chi connectivity index (χ2v) is 10.0. The predicted octanol–water partition coefficient (Wildman–Crippen LogP) is 4.45. The second-order valence-electron chi connectivity index (χ2n) is 9.72. The lowest BCUT2D eigenvalue weighted by Crippen LogP contribution is -2.51. The number of hydrogen-bond acceptors (Lipinski definition) is 6. The molecule has 29 heavy (non-hydrogen) atoms. The standard InChI is InChI=1S/C23H26O5S/c1-21-7-5-14(24)12-10-27-20(17(12)21)19(26)18-13(21)4-8-22(2)15(28-16(25)11-29)6-9-23(18,22)3/h10,15,29H,4-9,11H2,1-3H3. The Labute approximate surface area is 175 Å². The first-order chi connectivity index (χ1) is 13.7. The summed E-state index contributed by atoms with van der Waals surface area (Å²) >= 11 is 4.05. The Hall–Kier alpha value is -1.82. The first-order valence-electron chi connectivity index (χ1n) is 10.4. The van der Waals surface area contributed by atoms with Gasteiger partial charge in [0.1, 0.15) is 12.4 Å². The van der Waals surface area contributed by atoms with Gasteiger partial charge < -0.3 is 9.15 Å². The molecule has 5 rings (SSSR count). The fourth-order valence-corrected chi connectivity index (χ4v) is 6.78. The van der Waals surface area contributed by atoms with E-state index in [-0.39, 0.29) is 40.2 Å². The maximum absolute atomic E-state index is 13.7. The molecule has 0 bridgehead atoms. The van der Waals surface area contributed by atoms with Crippen LogP contribution in [0, 0.1) is 10.8 Å². The zero-order valence-electron chi connectivity index (χ0n) is 17.1. The number of allylic oxidation sites excluding steroid dienone is 2. The molecule has 5 nitrogen and oxygen atoms in total. The zero-order valence-corrected chi connectivity index (χ0v) is 18.0. The van der Waals surface area contributed by atoms with Crippen molar-refractivity contribution < 1.29 is 23.5 Å². The summed E-state index contributed by atoms with van der Waals surface area (Å²) in [6, 6.07) is 0. The van der Waals surface area contributed by atoms with E-state index < -0.39 is 5.41 Å². The SMILES string of the molecule is CC12CCC(=O)c3coc(c31)C(=O)C1=C2CCC2(C)C(OC(=O)CS)CCC12C. The number of hydrogen-bond donors (Lipinski definition) is 1. The van der Waals surface area contributed by atoms with Gasteiger partial charge in [-0.15, -0.1) is 0 Å². The lowest BCUT2D eigenvalue weighted by molar-refractivity contribution is -0.153. The van der Waals surface area contributed by atoms with E-state index in [1.165, 1.54) is 11.8 Å². The highest BCUT2D eigenvalue weighted by atomic mass is 32.1. The smallest absolute Gasteiger partial charge is 0.315 e. The number of Topliss-reactive ketones (excluding diaryl/α,β-unsaturated/α-hetero) is 2. The molecule has 0 spiro atoms. The van der Waals surface area contributed by atoms with Gasteiger partial charge in [-0.05, 0) is 32.1 Å². The molecule has 1 fully saturated rings. The Morgan fingerprint density at radius 3 is 2.69 bits per heavy atom. The number of ketones is 2. The van der Waals surface area contributed by atoms with Gasteiger partial charge in [-0.1, -0.05) is 26.3 Å². The maximum atomic E-state index is 13.7. The summed E-state index contributed by atoms with van der Waals surface area (Å²) in [6.07, 6.45) is 5.60. The first kappa shape index (κ1) is 19.2. The third-order valence-electron chi connectivity index (χ3n) is 8.62. The summed E-state index contributed by atoms with van der Waals surface area (Å²) in [5, 5.41) is 0. The van der Waals surface area contributed by atoms with Crippen LogP contribution in [0.1, 0.15) is 85.8 Å². The Morgan fingerprint density at radius 2 is 1.97 bits per heavy atom. The van der Waals surface area contributed by atoms with E-state index in [4.69, 9.17) is 9.15 Å². The minimum absolute atomic E-state index is 0.0564. The summed E-state index contributed by atoms with van der Waals surface area (Å²) in [5.41, 5.74) is 2.37. The summed E-state index contributed by atoms with van der Waals surface area (Å²) in [4.78, 5) is 38.1. The van der Waals surface area contributed by atoms with Crippen molar-refractivity contribution in [3.05, 3.63) is 34.3 Å². The number of furan rings is 1. The van der Waals surface area contributed by atoms with Gasteiger partial charge in [0, 0.05) is 33.8 Å². The molecule has 1 saturated carbocycles. The zero-order chi connectivity index (χ0) is 20.8. The number of thiol groups is 1. The number of ether oxygens (including phenoxy) is 1. The fraction of sp³-hybridized carbons (Fsp3) is 0.609. The summed E-state index contributed by atoms with van der Waals surface area (Å²) in [5.74, 6) is 0.0736. The largest absolute Gasteiger partial charge is 0.461 e. The summed E-state index contributed by atoms with van der Waals surface area (Å²) < 4.78 is 11.5. The van der Waals surface area contributed by atoms with Gasteiger partial charge in [0.05, 0.1) is 11.3 Å². The third kappa shape index (κ3) is 2.16. The molecule has 154 valence electrons. The van der Waals surface area contributed by atoms with Crippen LogP contribution in [0.15, 0.2) is 21.8 Å². The predicted molar refractivity (Wildman–Crippen MR) is 109 cm³/mol. The van der Waals surface area contributed by atoms with Crippen LogP contribution in [0.2, 0.25) is 0 Å². The molecule has 4 aliphatic rings. The molecule has 4 atom stereocenters. The highest BCUT2D eigenvalue weighted by Crippen LogP contribution is 2.67. The van der Waals surface area contributed by atoms with Crippen molar-refractivity contribution >= 4 is 30.2 Å². The third-order valence-corrected chi connectivity index (χ3v) is 8.88. The second kappa shape index (κ2) is 5.87. The van der Waals surface area contributed by atoms with Crippen LogP contribution in [0.5, 0.6) is 0 Å². The quantitative estimate of drug-likeness (QED) is 0.572. The van der Waals surface area contributed by atoms with E-state index in [0.29, 0.717) is 24.2 Å². The lowest BCUT2D eigenvalue weighted by atomic mass is 9.49. The molecule has 1 aromatic rings. The molecule has 0 saturated heterocycles. The van der Waals surface area contributed by atoms with Crippen LogP contribution >= 0.6 is 12.6 Å². The van der Waals surface area contributed by atoms with E-state index in [0.717, 1.165) is 36.8 Å². The number of carbonyl (C=O) groups is 3. The van der Waals surface area contributed by atoms with Crippen molar-refractivity contribution in [1.29, 1.82) is 0 Å². The number of carbonyl (C=O) groups excluding carboxylic acids is 3. The Bertz CT molecular complexity index is 1000. The topological polar surface area (TPSA) is 73.6 Å². The van der Waals surface area contributed by atoms with Crippen LogP contribution in [0.25, 0.3) is 0 Å². The van der Waals surface area contributed by atoms with Gasteiger partial charge in [-0.2, -0.15) is 12.6 Å². The molecule has 1 heterocycles. The summed E-state index contributed by atoms with van der Waals surface area (Å²) in [6.45, 7) is 6.47. The lowest BCUT2D eigenvalue weighted by Gasteiger charge is -2.53. The molecule has 0 radical (unpaired) electrons. The van der Waals surface area contributed by atoms with Crippen molar-refractivity contribution in [2.45, 2.75) is 70.8 Å². The molecule has 6 heteroatoms. The molecule has 0 N–H and O–H groups in total. The minimum Gasteiger partial charge on any atom is -0.461 e. The van der Waals surface area contributed by atoms with Gasteiger partial charge >= 0.3 is 5.97 Å². The highest BCUT2D eigenvalue weighted by molar-refractivity contribution is 7.81. The monoisotopic (exact) mass is 414 g/mol. The van der Waals surface area contributed by atoms with Crippen LogP contribution in [-0.2, 0) is 14.9 Å². The Kier molecular flexibility index (Phi) is 3.88. The van der Waals surface area contributed by atoms with Gasteiger partial charge in [-0.3, -0.25) is 14.4 Å². The van der Waals surface area contributed by atoms with Crippen LogP contribution < -0.4 is 0 Å². The average molecular weight is 415 g/mol. The molecular weight excluding hydrogens is 388 g/mol. The van der Waals surface area contributed by atoms with E-state index in [1.54, 1.807) is 0 Å². The average Bonchev–Trinajstić information content (AvgIpc) is 3.25. The van der Waals surface area contributed by atoms with E-state index >= 15 is 0 Å². The van der Waals surface area contributed by atoms with Crippen LogP contribution in [0.3, 0.4) is 0 Å². The van der Waals surface area contributed by atoms with Gasteiger partial charge in [0.15, 0.2) is 11.5 Å². The van der Waals surface area contributed by atoms with Crippen LogP contribution in [-0.4, -0.2) is 29.4 Å². The fourth-order valence-electron chi connectivity index (χ4n) is 6.71. The highest BCUT2D eigenvalue weighted by Gasteiger charge is 2.64. The summed E-state index contributed by atoms with van der Waals surface area (Å²) in [7, 11) is 0. The molecule has 0 aromatic carbocycles.